The molecule has 0 radical (unpaired) electrons. The van der Waals surface area contributed by atoms with Crippen LogP contribution in [-0.2, 0) is 7.05 Å². The lowest BCUT2D eigenvalue weighted by Gasteiger charge is -2.00. The van der Waals surface area contributed by atoms with Gasteiger partial charge in [0.15, 0.2) is 5.82 Å². The van der Waals surface area contributed by atoms with Gasteiger partial charge in [0.25, 0.3) is 0 Å². The van der Waals surface area contributed by atoms with Crippen LogP contribution in [0.25, 0.3) is 11.4 Å². The predicted molar refractivity (Wildman–Crippen MR) is 57.5 cm³/mol. The maximum absolute atomic E-state index is 11.2. The van der Waals surface area contributed by atoms with Gasteiger partial charge in [-0.25, -0.2) is 0 Å². The van der Waals surface area contributed by atoms with Crippen LogP contribution in [0.5, 0.6) is 0 Å². The SMILES string of the molecule is Cc1cccc(-c2nsc(=O)n2C)c1. The third kappa shape index (κ3) is 1.48. The fourth-order valence-corrected chi connectivity index (χ4v) is 1.92. The first kappa shape index (κ1) is 9.15. The molecule has 0 spiro atoms. The highest BCUT2D eigenvalue weighted by molar-refractivity contribution is 7.03. The molecule has 0 saturated heterocycles. The summed E-state index contributed by atoms with van der Waals surface area (Å²) in [5.41, 5.74) is 2.16. The normalized spacial score (nSPS) is 10.4. The van der Waals surface area contributed by atoms with Crippen molar-refractivity contribution in [1.29, 1.82) is 0 Å². The lowest BCUT2D eigenvalue weighted by atomic mass is 10.1. The summed E-state index contributed by atoms with van der Waals surface area (Å²) in [7, 11) is 1.74. The molecule has 1 aromatic heterocycles. The minimum Gasteiger partial charge on any atom is -0.285 e. The van der Waals surface area contributed by atoms with Gasteiger partial charge in [0.1, 0.15) is 0 Å². The van der Waals surface area contributed by atoms with Gasteiger partial charge in [-0.1, -0.05) is 23.8 Å². The number of aromatic nitrogens is 2. The summed E-state index contributed by atoms with van der Waals surface area (Å²) in [6.45, 7) is 2.02. The van der Waals surface area contributed by atoms with Gasteiger partial charge >= 0.3 is 4.87 Å². The minimum absolute atomic E-state index is 0.0264. The lowest BCUT2D eigenvalue weighted by molar-refractivity contribution is 0.892. The van der Waals surface area contributed by atoms with E-state index in [4.69, 9.17) is 0 Å². The van der Waals surface area contributed by atoms with Crippen molar-refractivity contribution in [1.82, 2.24) is 8.94 Å². The number of aryl methyl sites for hydroxylation is 1. The lowest BCUT2D eigenvalue weighted by Crippen LogP contribution is -2.08. The molecule has 0 N–H and O–H groups in total. The molecule has 0 bridgehead atoms. The number of hydrogen-bond acceptors (Lipinski definition) is 3. The van der Waals surface area contributed by atoms with Crippen molar-refractivity contribution in [2.75, 3.05) is 0 Å². The minimum atomic E-state index is -0.0264. The molecule has 2 rings (SSSR count). The van der Waals surface area contributed by atoms with E-state index in [1.807, 2.05) is 31.2 Å². The Morgan fingerprint density at radius 1 is 1.43 bits per heavy atom. The van der Waals surface area contributed by atoms with Gasteiger partial charge in [0.2, 0.25) is 0 Å². The standard InChI is InChI=1S/C10H10N2OS/c1-7-4-3-5-8(6-7)9-11-14-10(13)12(9)2/h3-6H,1-2H3. The fraction of sp³-hybridized carbons (Fsp3) is 0.200. The van der Waals surface area contributed by atoms with Crippen LogP contribution < -0.4 is 4.87 Å². The highest BCUT2D eigenvalue weighted by Gasteiger charge is 2.06. The summed E-state index contributed by atoms with van der Waals surface area (Å²) >= 11 is 0.989. The van der Waals surface area contributed by atoms with E-state index in [0.29, 0.717) is 0 Å². The van der Waals surface area contributed by atoms with E-state index in [-0.39, 0.29) is 4.87 Å². The van der Waals surface area contributed by atoms with Crippen LogP contribution in [0.3, 0.4) is 0 Å². The van der Waals surface area contributed by atoms with Gasteiger partial charge in [-0.15, -0.1) is 0 Å². The molecule has 4 heteroatoms. The first-order valence-corrected chi connectivity index (χ1v) is 5.05. The topological polar surface area (TPSA) is 34.9 Å². The maximum atomic E-state index is 11.2. The predicted octanol–water partition coefficient (Wildman–Crippen LogP) is 1.82. The molecule has 3 nitrogen and oxygen atoms in total. The smallest absolute Gasteiger partial charge is 0.285 e. The molecule has 0 aliphatic carbocycles. The number of nitrogens with zero attached hydrogens (tertiary/aromatic N) is 2. The van der Waals surface area contributed by atoms with Gasteiger partial charge in [0, 0.05) is 24.1 Å². The van der Waals surface area contributed by atoms with Crippen molar-refractivity contribution in [3.8, 4) is 11.4 Å². The molecule has 0 aliphatic heterocycles. The third-order valence-electron chi connectivity index (χ3n) is 2.08. The second-order valence-electron chi connectivity index (χ2n) is 3.20. The van der Waals surface area contributed by atoms with Crippen molar-refractivity contribution in [2.24, 2.45) is 7.05 Å². The van der Waals surface area contributed by atoms with Crippen LogP contribution in [0.15, 0.2) is 29.1 Å². The van der Waals surface area contributed by atoms with Gasteiger partial charge in [-0.2, -0.15) is 4.37 Å². The molecule has 0 aliphatic rings. The van der Waals surface area contributed by atoms with Crippen LogP contribution in [-0.4, -0.2) is 8.94 Å². The van der Waals surface area contributed by atoms with Crippen molar-refractivity contribution < 1.29 is 0 Å². The van der Waals surface area contributed by atoms with Crippen LogP contribution in [0, 0.1) is 6.92 Å². The Labute approximate surface area is 85.8 Å². The Morgan fingerprint density at radius 3 is 2.79 bits per heavy atom. The molecule has 1 aromatic carbocycles. The molecule has 1 heterocycles. The average Bonchev–Trinajstić information content (AvgIpc) is 2.48. The van der Waals surface area contributed by atoms with Gasteiger partial charge < -0.3 is 0 Å². The van der Waals surface area contributed by atoms with Crippen LogP contribution in [0.1, 0.15) is 5.56 Å². The molecule has 0 atom stereocenters. The number of hydrogen-bond donors (Lipinski definition) is 0. The summed E-state index contributed by atoms with van der Waals surface area (Å²) < 4.78 is 5.69. The highest BCUT2D eigenvalue weighted by Crippen LogP contribution is 2.16. The van der Waals surface area contributed by atoms with Gasteiger partial charge in [-0.05, 0) is 13.0 Å². The number of rotatable bonds is 1. The molecule has 2 aromatic rings. The van der Waals surface area contributed by atoms with E-state index in [9.17, 15) is 4.79 Å². The molecule has 0 unspecified atom stereocenters. The first-order valence-electron chi connectivity index (χ1n) is 4.28. The third-order valence-corrected chi connectivity index (χ3v) is 2.77. The van der Waals surface area contributed by atoms with Crippen LogP contribution in [0.4, 0.5) is 0 Å². The van der Waals surface area contributed by atoms with E-state index < -0.39 is 0 Å². The molecule has 0 fully saturated rings. The summed E-state index contributed by atoms with van der Waals surface area (Å²) in [6, 6.07) is 7.97. The van der Waals surface area contributed by atoms with E-state index in [0.717, 1.165) is 22.9 Å². The number of benzene rings is 1. The summed E-state index contributed by atoms with van der Waals surface area (Å²) in [6.07, 6.45) is 0. The fourth-order valence-electron chi connectivity index (χ4n) is 1.32. The second kappa shape index (κ2) is 3.38. The molecular formula is C10H10N2OS. The highest BCUT2D eigenvalue weighted by atomic mass is 32.1. The zero-order chi connectivity index (χ0) is 10.1. The molecular weight excluding hydrogens is 196 g/mol. The largest absolute Gasteiger partial charge is 0.326 e. The Morgan fingerprint density at radius 2 is 2.21 bits per heavy atom. The van der Waals surface area contributed by atoms with E-state index >= 15 is 0 Å². The van der Waals surface area contributed by atoms with Gasteiger partial charge in [0.05, 0.1) is 0 Å². The van der Waals surface area contributed by atoms with Crippen molar-refractivity contribution in [2.45, 2.75) is 6.92 Å². The summed E-state index contributed by atoms with van der Waals surface area (Å²) in [5, 5.41) is 0. The van der Waals surface area contributed by atoms with Crippen LogP contribution in [0.2, 0.25) is 0 Å². The zero-order valence-corrected chi connectivity index (χ0v) is 8.84. The van der Waals surface area contributed by atoms with Crippen molar-refractivity contribution in [3.05, 3.63) is 39.5 Å². The second-order valence-corrected chi connectivity index (χ2v) is 3.91. The Balaban J connectivity index is 2.60. The van der Waals surface area contributed by atoms with E-state index in [2.05, 4.69) is 4.37 Å². The molecule has 0 saturated carbocycles. The van der Waals surface area contributed by atoms with Crippen molar-refractivity contribution >= 4 is 11.5 Å². The quantitative estimate of drug-likeness (QED) is 0.713. The van der Waals surface area contributed by atoms with Gasteiger partial charge in [-0.3, -0.25) is 9.36 Å². The van der Waals surface area contributed by atoms with Crippen LogP contribution >= 0.6 is 11.5 Å². The van der Waals surface area contributed by atoms with E-state index in [1.54, 1.807) is 11.6 Å². The molecule has 0 amide bonds. The maximum Gasteiger partial charge on any atom is 0.326 e. The average molecular weight is 206 g/mol. The molecule has 72 valence electrons. The molecule has 14 heavy (non-hydrogen) atoms. The summed E-state index contributed by atoms with van der Waals surface area (Å²) in [4.78, 5) is 11.2. The zero-order valence-electron chi connectivity index (χ0n) is 8.02. The Hall–Kier alpha value is -1.42. The first-order chi connectivity index (χ1) is 6.68. The summed E-state index contributed by atoms with van der Waals surface area (Å²) in [5.74, 6) is 0.740. The Kier molecular flexibility index (Phi) is 2.21. The monoisotopic (exact) mass is 206 g/mol. The Bertz CT molecular complexity index is 513. The van der Waals surface area contributed by atoms with E-state index in [1.165, 1.54) is 5.56 Å². The van der Waals surface area contributed by atoms with Crippen molar-refractivity contribution in [3.63, 3.8) is 0 Å².